The van der Waals surface area contributed by atoms with Gasteiger partial charge in [0.1, 0.15) is 11.5 Å². The van der Waals surface area contributed by atoms with Crippen molar-refractivity contribution in [2.24, 2.45) is 0 Å². The second-order valence-electron chi connectivity index (χ2n) is 5.39. The molecule has 26 heavy (non-hydrogen) atoms. The number of amides is 1. The topological polar surface area (TPSA) is 59.6 Å². The van der Waals surface area contributed by atoms with Crippen molar-refractivity contribution >= 4 is 35.0 Å². The van der Waals surface area contributed by atoms with Gasteiger partial charge in [0.05, 0.1) is 13.7 Å². The zero-order valence-electron chi connectivity index (χ0n) is 14.8. The Balaban J connectivity index is 1.87. The predicted octanol–water partition coefficient (Wildman–Crippen LogP) is 4.01. The molecule has 0 spiro atoms. The van der Waals surface area contributed by atoms with E-state index in [1.54, 1.807) is 13.2 Å². The highest BCUT2D eigenvalue weighted by atomic mass is 32.1. The van der Waals surface area contributed by atoms with Gasteiger partial charge in [-0.2, -0.15) is 0 Å². The number of anilines is 1. The van der Waals surface area contributed by atoms with E-state index in [1.165, 1.54) is 6.08 Å². The van der Waals surface area contributed by atoms with E-state index in [2.05, 4.69) is 17.6 Å². The smallest absolute Gasteiger partial charge is 0.250 e. The van der Waals surface area contributed by atoms with Crippen LogP contribution in [0.1, 0.15) is 18.9 Å². The molecule has 1 amide bonds. The highest BCUT2D eigenvalue weighted by Crippen LogP contribution is 2.18. The van der Waals surface area contributed by atoms with Gasteiger partial charge in [0, 0.05) is 17.3 Å². The summed E-state index contributed by atoms with van der Waals surface area (Å²) < 4.78 is 10.8. The van der Waals surface area contributed by atoms with Crippen LogP contribution in [-0.2, 0) is 4.79 Å². The van der Waals surface area contributed by atoms with E-state index < -0.39 is 0 Å². The van der Waals surface area contributed by atoms with Crippen molar-refractivity contribution < 1.29 is 14.3 Å². The molecule has 0 bridgehead atoms. The van der Waals surface area contributed by atoms with Gasteiger partial charge in [-0.1, -0.05) is 25.1 Å². The molecule has 2 N–H and O–H groups in total. The standard InChI is InChI=1S/C20H22N2O3S/c1-3-14-25-17-11-9-16(10-12-17)21-20(26)22-19(23)13-8-15-6-4-5-7-18(15)24-2/h4-13H,3,14H2,1-2H3,(H2,21,22,23,26). The first kappa shape index (κ1) is 19.5. The fraction of sp³-hybridized carbons (Fsp3) is 0.200. The summed E-state index contributed by atoms with van der Waals surface area (Å²) in [5.74, 6) is 1.17. The Morgan fingerprint density at radius 3 is 2.58 bits per heavy atom. The lowest BCUT2D eigenvalue weighted by atomic mass is 10.2. The third-order valence-corrected chi connectivity index (χ3v) is 3.58. The Kier molecular flexibility index (Phi) is 7.64. The van der Waals surface area contributed by atoms with Crippen LogP contribution in [0.15, 0.2) is 54.6 Å². The van der Waals surface area contributed by atoms with Crippen molar-refractivity contribution in [3.63, 3.8) is 0 Å². The van der Waals surface area contributed by atoms with Crippen LogP contribution in [0, 0.1) is 0 Å². The molecule has 0 unspecified atom stereocenters. The van der Waals surface area contributed by atoms with Crippen molar-refractivity contribution in [2.75, 3.05) is 19.0 Å². The molecule has 5 nitrogen and oxygen atoms in total. The van der Waals surface area contributed by atoms with E-state index in [9.17, 15) is 4.79 Å². The highest BCUT2D eigenvalue weighted by molar-refractivity contribution is 7.80. The van der Waals surface area contributed by atoms with Crippen molar-refractivity contribution in [3.05, 3.63) is 60.2 Å². The summed E-state index contributed by atoms with van der Waals surface area (Å²) in [6, 6.07) is 14.8. The number of rotatable bonds is 7. The largest absolute Gasteiger partial charge is 0.496 e. The molecule has 0 atom stereocenters. The van der Waals surface area contributed by atoms with Crippen molar-refractivity contribution in [3.8, 4) is 11.5 Å². The molecule has 2 rings (SSSR count). The van der Waals surface area contributed by atoms with Gasteiger partial charge in [0.2, 0.25) is 5.91 Å². The fourth-order valence-corrected chi connectivity index (χ4v) is 2.36. The van der Waals surface area contributed by atoms with Gasteiger partial charge in [-0.25, -0.2) is 0 Å². The van der Waals surface area contributed by atoms with Crippen LogP contribution in [0.3, 0.4) is 0 Å². The van der Waals surface area contributed by atoms with E-state index >= 15 is 0 Å². The number of nitrogens with one attached hydrogen (secondary N) is 2. The number of thiocarbonyl (C=S) groups is 1. The lowest BCUT2D eigenvalue weighted by molar-refractivity contribution is -0.115. The minimum Gasteiger partial charge on any atom is -0.496 e. The molecule has 0 heterocycles. The Morgan fingerprint density at radius 2 is 1.88 bits per heavy atom. The Bertz CT molecular complexity index is 773. The van der Waals surface area contributed by atoms with Crippen LogP contribution in [0.5, 0.6) is 11.5 Å². The molecular weight excluding hydrogens is 348 g/mol. The number of ether oxygens (including phenoxy) is 2. The second-order valence-corrected chi connectivity index (χ2v) is 5.80. The molecule has 0 fully saturated rings. The summed E-state index contributed by atoms with van der Waals surface area (Å²) in [6.07, 6.45) is 4.04. The number of benzene rings is 2. The van der Waals surface area contributed by atoms with Crippen molar-refractivity contribution in [1.29, 1.82) is 0 Å². The first-order valence-corrected chi connectivity index (χ1v) is 8.69. The van der Waals surface area contributed by atoms with Gasteiger partial charge >= 0.3 is 0 Å². The number of hydrogen-bond acceptors (Lipinski definition) is 4. The summed E-state index contributed by atoms with van der Waals surface area (Å²) in [4.78, 5) is 12.0. The Morgan fingerprint density at radius 1 is 1.15 bits per heavy atom. The second kappa shape index (κ2) is 10.2. The summed E-state index contributed by atoms with van der Waals surface area (Å²) in [5.41, 5.74) is 1.58. The molecule has 136 valence electrons. The quantitative estimate of drug-likeness (QED) is 0.570. The molecule has 0 saturated heterocycles. The maximum absolute atomic E-state index is 12.0. The fourth-order valence-electron chi connectivity index (χ4n) is 2.14. The molecule has 2 aromatic rings. The number of para-hydroxylation sites is 1. The van der Waals surface area contributed by atoms with Crippen LogP contribution >= 0.6 is 12.2 Å². The zero-order chi connectivity index (χ0) is 18.8. The van der Waals surface area contributed by atoms with Crippen molar-refractivity contribution in [1.82, 2.24) is 5.32 Å². The monoisotopic (exact) mass is 370 g/mol. The van der Waals surface area contributed by atoms with Crippen LogP contribution in [-0.4, -0.2) is 24.7 Å². The van der Waals surface area contributed by atoms with E-state index in [0.29, 0.717) is 12.4 Å². The predicted molar refractivity (Wildman–Crippen MR) is 109 cm³/mol. The highest BCUT2D eigenvalue weighted by Gasteiger charge is 2.03. The van der Waals surface area contributed by atoms with Crippen LogP contribution in [0.2, 0.25) is 0 Å². The summed E-state index contributed by atoms with van der Waals surface area (Å²) in [7, 11) is 1.59. The number of methoxy groups -OCH3 is 1. The van der Waals surface area contributed by atoms with Gasteiger partial charge in [-0.3, -0.25) is 10.1 Å². The van der Waals surface area contributed by atoms with Gasteiger partial charge in [-0.15, -0.1) is 0 Å². The molecule has 0 aromatic heterocycles. The minimum atomic E-state index is -0.323. The van der Waals surface area contributed by atoms with Crippen LogP contribution in [0.4, 0.5) is 5.69 Å². The third-order valence-electron chi connectivity index (χ3n) is 3.37. The average molecular weight is 370 g/mol. The van der Waals surface area contributed by atoms with Gasteiger partial charge < -0.3 is 14.8 Å². The number of carbonyl (C=O) groups is 1. The first-order chi connectivity index (χ1) is 12.6. The molecule has 0 aliphatic carbocycles. The Hall–Kier alpha value is -2.86. The van der Waals surface area contributed by atoms with E-state index in [4.69, 9.17) is 21.7 Å². The summed E-state index contributed by atoms with van der Waals surface area (Å²) in [5, 5.41) is 5.79. The Labute approximate surface area is 159 Å². The minimum absolute atomic E-state index is 0.224. The summed E-state index contributed by atoms with van der Waals surface area (Å²) >= 11 is 5.16. The van der Waals surface area contributed by atoms with Gasteiger partial charge in [-0.05, 0) is 55.0 Å². The maximum Gasteiger partial charge on any atom is 0.250 e. The molecule has 6 heteroatoms. The van der Waals surface area contributed by atoms with Gasteiger partial charge in [0.15, 0.2) is 5.11 Å². The average Bonchev–Trinajstić information content (AvgIpc) is 2.66. The van der Waals surface area contributed by atoms with Gasteiger partial charge in [0.25, 0.3) is 0 Å². The summed E-state index contributed by atoms with van der Waals surface area (Å²) in [6.45, 7) is 2.74. The van der Waals surface area contributed by atoms with E-state index in [0.717, 1.165) is 23.4 Å². The van der Waals surface area contributed by atoms with Crippen LogP contribution < -0.4 is 20.1 Å². The molecule has 0 aliphatic heterocycles. The number of hydrogen-bond donors (Lipinski definition) is 2. The van der Waals surface area contributed by atoms with Crippen LogP contribution in [0.25, 0.3) is 6.08 Å². The normalized spacial score (nSPS) is 10.4. The van der Waals surface area contributed by atoms with Crippen molar-refractivity contribution in [2.45, 2.75) is 13.3 Å². The first-order valence-electron chi connectivity index (χ1n) is 8.28. The SMILES string of the molecule is CCCOc1ccc(NC(=S)NC(=O)C=Cc2ccccc2OC)cc1. The maximum atomic E-state index is 12.0. The number of carbonyl (C=O) groups excluding carboxylic acids is 1. The molecule has 0 saturated carbocycles. The molecule has 0 radical (unpaired) electrons. The lowest BCUT2D eigenvalue weighted by Gasteiger charge is -2.09. The zero-order valence-corrected chi connectivity index (χ0v) is 15.6. The van der Waals surface area contributed by atoms with E-state index in [1.807, 2.05) is 48.5 Å². The third kappa shape index (κ3) is 6.22. The lowest BCUT2D eigenvalue weighted by Crippen LogP contribution is -2.32. The molecule has 2 aromatic carbocycles. The molecule has 0 aliphatic rings. The molecular formula is C20H22N2O3S. The van der Waals surface area contributed by atoms with E-state index in [-0.39, 0.29) is 11.0 Å².